The molecule has 1 N–H and O–H groups in total. The molecule has 0 atom stereocenters. The average Bonchev–Trinajstić information content (AvgIpc) is 3.14. The van der Waals surface area contributed by atoms with E-state index in [1.807, 2.05) is 103 Å². The van der Waals surface area contributed by atoms with Gasteiger partial charge in [0.05, 0.1) is 0 Å². The van der Waals surface area contributed by atoms with Crippen molar-refractivity contribution in [1.82, 2.24) is 0 Å². The molecule has 2 heteroatoms. The lowest BCUT2D eigenvalue weighted by atomic mass is 9.89. The normalized spacial score (nSPS) is 13.7. The van der Waals surface area contributed by atoms with E-state index in [-0.39, 0.29) is 11.5 Å². The first-order valence-electron chi connectivity index (χ1n) is 10.2. The molecule has 1 aliphatic carbocycles. The van der Waals surface area contributed by atoms with Crippen LogP contribution in [0.4, 0.5) is 0 Å². The summed E-state index contributed by atoms with van der Waals surface area (Å²) in [4.78, 5) is 14.0. The summed E-state index contributed by atoms with van der Waals surface area (Å²) in [5, 5.41) is 9.85. The number of hydrogen-bond donors (Lipinski definition) is 1. The van der Waals surface area contributed by atoms with Crippen LogP contribution >= 0.6 is 0 Å². The number of carbonyl (C=O) groups excluding carboxylic acids is 1. The van der Waals surface area contributed by atoms with Gasteiger partial charge in [0.25, 0.3) is 0 Å². The first kappa shape index (κ1) is 18.8. The maximum absolute atomic E-state index is 14.0. The van der Waals surface area contributed by atoms with Crippen LogP contribution in [0.25, 0.3) is 22.3 Å². The number of rotatable bonds is 4. The number of phenols is 1. The summed E-state index contributed by atoms with van der Waals surface area (Å²) in [5.41, 5.74) is 6.86. The Kier molecular flexibility index (Phi) is 4.81. The summed E-state index contributed by atoms with van der Waals surface area (Å²) < 4.78 is 0. The van der Waals surface area contributed by atoms with Crippen molar-refractivity contribution in [2.75, 3.05) is 0 Å². The summed E-state index contributed by atoms with van der Waals surface area (Å²) in [6.45, 7) is 0. The monoisotopic (exact) mass is 400 g/mol. The lowest BCUT2D eigenvalue weighted by Gasteiger charge is -2.13. The molecule has 0 spiro atoms. The predicted molar refractivity (Wildman–Crippen MR) is 126 cm³/mol. The molecule has 0 aromatic heterocycles. The molecule has 2 nitrogen and oxygen atoms in total. The Balaban J connectivity index is 1.87. The number of benzene rings is 4. The van der Waals surface area contributed by atoms with Gasteiger partial charge in [-0.15, -0.1) is 0 Å². The zero-order valence-electron chi connectivity index (χ0n) is 16.8. The molecular weight excluding hydrogens is 380 g/mol. The van der Waals surface area contributed by atoms with Crippen molar-refractivity contribution < 1.29 is 9.90 Å². The van der Waals surface area contributed by atoms with Gasteiger partial charge in [0, 0.05) is 22.3 Å². The summed E-state index contributed by atoms with van der Waals surface area (Å²) in [5.74, 6) is 0.211. The molecule has 0 saturated heterocycles. The maximum Gasteiger partial charge on any atom is 0.195 e. The smallest absolute Gasteiger partial charge is 0.195 e. The van der Waals surface area contributed by atoms with Crippen molar-refractivity contribution in [3.8, 4) is 5.75 Å². The van der Waals surface area contributed by atoms with Crippen molar-refractivity contribution >= 4 is 28.1 Å². The quantitative estimate of drug-likeness (QED) is 0.425. The largest absolute Gasteiger partial charge is 0.508 e. The highest BCUT2D eigenvalue weighted by atomic mass is 16.3. The number of phenolic OH excluding ortho intramolecular Hbond substituents is 1. The predicted octanol–water partition coefficient (Wildman–Crippen LogP) is 6.50. The minimum absolute atomic E-state index is 0.0133. The van der Waals surface area contributed by atoms with E-state index in [1.54, 1.807) is 12.1 Å². The molecule has 0 amide bonds. The lowest BCUT2D eigenvalue weighted by molar-refractivity contribution is -0.108. The van der Waals surface area contributed by atoms with Crippen LogP contribution in [-0.2, 0) is 4.79 Å². The van der Waals surface area contributed by atoms with Crippen LogP contribution in [0, 0.1) is 0 Å². The van der Waals surface area contributed by atoms with Crippen molar-refractivity contribution in [3.05, 3.63) is 138 Å². The van der Waals surface area contributed by atoms with E-state index in [1.165, 1.54) is 0 Å². The third kappa shape index (κ3) is 3.38. The lowest BCUT2D eigenvalue weighted by Crippen LogP contribution is -2.01. The van der Waals surface area contributed by atoms with E-state index in [9.17, 15) is 9.90 Å². The van der Waals surface area contributed by atoms with Gasteiger partial charge in [0.2, 0.25) is 0 Å². The molecule has 4 aromatic carbocycles. The van der Waals surface area contributed by atoms with E-state index >= 15 is 0 Å². The van der Waals surface area contributed by atoms with Gasteiger partial charge in [-0.25, -0.2) is 0 Å². The second-order valence-corrected chi connectivity index (χ2v) is 7.47. The number of hydrogen-bond acceptors (Lipinski definition) is 2. The maximum atomic E-state index is 14.0. The molecule has 0 aliphatic heterocycles. The molecule has 31 heavy (non-hydrogen) atoms. The molecule has 0 bridgehead atoms. The van der Waals surface area contributed by atoms with Gasteiger partial charge in [-0.1, -0.05) is 103 Å². The zero-order chi connectivity index (χ0) is 21.2. The van der Waals surface area contributed by atoms with Crippen LogP contribution in [-0.4, -0.2) is 10.9 Å². The Labute approximate surface area is 181 Å². The standard InChI is InChI=1S/C29H20O2/c30-24-18-16-23(17-19-24)26-25(20-10-4-1-5-11-20)27(21-12-6-2-7-13-21)29(31)28(26)22-14-8-3-9-15-22/h1-19,30H. The van der Waals surface area contributed by atoms with E-state index in [0.717, 1.165) is 33.4 Å². The van der Waals surface area contributed by atoms with Gasteiger partial charge in [0.15, 0.2) is 5.78 Å². The van der Waals surface area contributed by atoms with Crippen LogP contribution in [0.1, 0.15) is 22.3 Å². The van der Waals surface area contributed by atoms with E-state index in [0.29, 0.717) is 11.1 Å². The molecule has 148 valence electrons. The fraction of sp³-hybridized carbons (Fsp3) is 0. The molecule has 0 fully saturated rings. The first-order chi connectivity index (χ1) is 15.2. The Bertz CT molecular complexity index is 1300. The SMILES string of the molecule is O=C1C(c2ccccc2)=C(c2ccccc2)C(c2ccc(O)cc2)=C1c1ccccc1. The van der Waals surface area contributed by atoms with Crippen molar-refractivity contribution in [3.63, 3.8) is 0 Å². The molecule has 5 rings (SSSR count). The molecule has 0 unspecified atom stereocenters. The Morgan fingerprint density at radius 1 is 0.387 bits per heavy atom. The highest BCUT2D eigenvalue weighted by molar-refractivity contribution is 6.59. The van der Waals surface area contributed by atoms with Crippen molar-refractivity contribution in [2.24, 2.45) is 0 Å². The summed E-state index contributed by atoms with van der Waals surface area (Å²) >= 11 is 0. The topological polar surface area (TPSA) is 37.3 Å². The molecule has 0 saturated carbocycles. The first-order valence-corrected chi connectivity index (χ1v) is 10.2. The number of Topliss-reactive ketones (excluding diaryl/α,β-unsaturated/α-hetero) is 1. The molecule has 1 aliphatic rings. The van der Waals surface area contributed by atoms with Gasteiger partial charge in [-0.2, -0.15) is 0 Å². The van der Waals surface area contributed by atoms with Gasteiger partial charge < -0.3 is 5.11 Å². The van der Waals surface area contributed by atoms with Crippen molar-refractivity contribution in [2.45, 2.75) is 0 Å². The van der Waals surface area contributed by atoms with E-state index < -0.39 is 0 Å². The number of allylic oxidation sites excluding steroid dienone is 4. The molecule has 0 heterocycles. The van der Waals surface area contributed by atoms with Gasteiger partial charge >= 0.3 is 0 Å². The highest BCUT2D eigenvalue weighted by Crippen LogP contribution is 2.49. The average molecular weight is 400 g/mol. The fourth-order valence-corrected chi connectivity index (χ4v) is 4.17. The Morgan fingerprint density at radius 2 is 0.710 bits per heavy atom. The highest BCUT2D eigenvalue weighted by Gasteiger charge is 2.35. The zero-order valence-corrected chi connectivity index (χ0v) is 16.8. The number of ketones is 1. The molecule has 4 aromatic rings. The van der Waals surface area contributed by atoms with Crippen LogP contribution in [0.15, 0.2) is 115 Å². The second kappa shape index (κ2) is 7.92. The summed E-state index contributed by atoms with van der Waals surface area (Å²) in [6.07, 6.45) is 0. The fourth-order valence-electron chi connectivity index (χ4n) is 4.17. The third-order valence-electron chi connectivity index (χ3n) is 5.55. The Morgan fingerprint density at radius 3 is 1.10 bits per heavy atom. The van der Waals surface area contributed by atoms with Crippen LogP contribution in [0.2, 0.25) is 0 Å². The minimum atomic E-state index is 0.0133. The van der Waals surface area contributed by atoms with Gasteiger partial charge in [-0.05, 0) is 34.4 Å². The number of aromatic hydroxyl groups is 1. The van der Waals surface area contributed by atoms with E-state index in [2.05, 4.69) is 0 Å². The molecule has 0 radical (unpaired) electrons. The second-order valence-electron chi connectivity index (χ2n) is 7.47. The number of carbonyl (C=O) groups is 1. The van der Waals surface area contributed by atoms with Crippen LogP contribution < -0.4 is 0 Å². The van der Waals surface area contributed by atoms with Gasteiger partial charge in [-0.3, -0.25) is 4.79 Å². The van der Waals surface area contributed by atoms with Gasteiger partial charge in [0.1, 0.15) is 5.75 Å². The molecular formula is C29H20O2. The Hall–Kier alpha value is -4.17. The van der Waals surface area contributed by atoms with Crippen LogP contribution in [0.5, 0.6) is 5.75 Å². The third-order valence-corrected chi connectivity index (χ3v) is 5.55. The summed E-state index contributed by atoms with van der Waals surface area (Å²) in [7, 11) is 0. The summed E-state index contributed by atoms with van der Waals surface area (Å²) in [6, 6.07) is 36.8. The van der Waals surface area contributed by atoms with Crippen molar-refractivity contribution in [1.29, 1.82) is 0 Å². The van der Waals surface area contributed by atoms with Crippen LogP contribution in [0.3, 0.4) is 0 Å². The van der Waals surface area contributed by atoms with E-state index in [4.69, 9.17) is 0 Å². The minimum Gasteiger partial charge on any atom is -0.508 e.